The van der Waals surface area contributed by atoms with Crippen molar-refractivity contribution < 1.29 is 9.18 Å². The van der Waals surface area contributed by atoms with E-state index in [1.165, 1.54) is 17.4 Å². The van der Waals surface area contributed by atoms with Crippen LogP contribution in [0.25, 0.3) is 15.3 Å². The van der Waals surface area contributed by atoms with Gasteiger partial charge in [0.1, 0.15) is 5.82 Å². The van der Waals surface area contributed by atoms with Gasteiger partial charge < -0.3 is 4.90 Å². The minimum atomic E-state index is -0.231. The molecule has 2 heterocycles. The van der Waals surface area contributed by atoms with Gasteiger partial charge in [0.25, 0.3) is 5.91 Å². The van der Waals surface area contributed by atoms with Crippen LogP contribution >= 0.6 is 11.3 Å². The number of hydrogen-bond donors (Lipinski definition) is 0. The molecule has 0 unspecified atom stereocenters. The average Bonchev–Trinajstić information content (AvgIpc) is 3.43. The molecule has 0 saturated carbocycles. The second-order valence-corrected chi connectivity index (χ2v) is 7.96. The Labute approximate surface area is 165 Å². The number of amides is 1. The number of para-hydroxylation sites is 1. The highest BCUT2D eigenvalue weighted by atomic mass is 32.1. The van der Waals surface area contributed by atoms with Crippen molar-refractivity contribution in [1.82, 2.24) is 19.7 Å². The summed E-state index contributed by atoms with van der Waals surface area (Å²) in [5.74, 6) is -0.333. The van der Waals surface area contributed by atoms with Crippen LogP contribution in [0.3, 0.4) is 0 Å². The number of thiazole rings is 1. The number of carbonyl (C=O) groups excluding carboxylic acids is 1. The Bertz CT molecular complexity index is 1170. The monoisotopic (exact) mass is 392 g/mol. The zero-order valence-corrected chi connectivity index (χ0v) is 16.0. The Balaban J connectivity index is 1.41. The van der Waals surface area contributed by atoms with E-state index in [1.54, 1.807) is 41.2 Å². The van der Waals surface area contributed by atoms with Crippen LogP contribution in [-0.4, -0.2) is 32.6 Å². The molecule has 2 aromatic heterocycles. The fourth-order valence-corrected chi connectivity index (χ4v) is 4.71. The highest BCUT2D eigenvalue weighted by molar-refractivity contribution is 7.20. The van der Waals surface area contributed by atoms with Crippen LogP contribution in [0, 0.1) is 5.82 Å². The van der Waals surface area contributed by atoms with Gasteiger partial charge in [0.05, 0.1) is 28.0 Å². The Hall–Kier alpha value is -3.06. The maximum atomic E-state index is 13.5. The summed E-state index contributed by atoms with van der Waals surface area (Å²) in [5, 5.41) is 5.06. The van der Waals surface area contributed by atoms with Crippen LogP contribution in [-0.2, 0) is 6.42 Å². The highest BCUT2D eigenvalue weighted by Crippen LogP contribution is 2.36. The number of nitrogens with zero attached hydrogens (tertiary/aromatic N) is 4. The molecule has 1 aliphatic rings. The number of fused-ring (bicyclic) bond motifs is 2. The Morgan fingerprint density at radius 2 is 2.14 bits per heavy atom. The van der Waals surface area contributed by atoms with Crippen molar-refractivity contribution in [2.45, 2.75) is 18.9 Å². The molecular formula is C21H17FN4OS. The molecule has 0 fully saturated rings. The second-order valence-electron chi connectivity index (χ2n) is 6.95. The molecule has 4 aromatic rings. The molecular weight excluding hydrogens is 375 g/mol. The standard InChI is InChI=1S/C21H17FN4OS/c1-25(18-9-6-13-10-15(22)7-8-16(13)18)20(27)14-11-23-26(12-14)21-24-17-4-2-3-5-19(17)28-21/h2-5,7-8,10-12,18H,6,9H2,1H3/t18-/m0/s1. The summed E-state index contributed by atoms with van der Waals surface area (Å²) in [6, 6.07) is 12.7. The molecule has 0 bridgehead atoms. The molecule has 0 radical (unpaired) electrons. The van der Waals surface area contributed by atoms with E-state index in [9.17, 15) is 9.18 Å². The predicted octanol–water partition coefficient (Wildman–Crippen LogP) is 4.38. The number of halogens is 1. The van der Waals surface area contributed by atoms with Crippen molar-refractivity contribution in [3.05, 3.63) is 77.4 Å². The Morgan fingerprint density at radius 3 is 3.00 bits per heavy atom. The lowest BCUT2D eigenvalue weighted by atomic mass is 10.1. The first kappa shape index (κ1) is 17.1. The SMILES string of the molecule is CN(C(=O)c1cnn(-c2nc3ccccc3s2)c1)[C@H]1CCc2cc(F)ccc21. The molecule has 0 spiro atoms. The first-order chi connectivity index (χ1) is 13.6. The van der Waals surface area contributed by atoms with Crippen molar-refractivity contribution in [2.75, 3.05) is 7.05 Å². The molecule has 5 nitrogen and oxygen atoms in total. The van der Waals surface area contributed by atoms with E-state index in [4.69, 9.17) is 0 Å². The van der Waals surface area contributed by atoms with Crippen LogP contribution in [0.2, 0.25) is 0 Å². The molecule has 1 atom stereocenters. The second kappa shape index (κ2) is 6.53. The molecule has 2 aromatic carbocycles. The summed E-state index contributed by atoms with van der Waals surface area (Å²) in [4.78, 5) is 19.3. The zero-order valence-electron chi connectivity index (χ0n) is 15.2. The first-order valence-corrected chi connectivity index (χ1v) is 9.88. The third-order valence-electron chi connectivity index (χ3n) is 5.25. The third-order valence-corrected chi connectivity index (χ3v) is 6.27. The lowest BCUT2D eigenvalue weighted by molar-refractivity contribution is 0.0730. The predicted molar refractivity (Wildman–Crippen MR) is 106 cm³/mol. The normalized spacial score (nSPS) is 15.7. The van der Waals surface area contributed by atoms with Crippen molar-refractivity contribution in [3.63, 3.8) is 0 Å². The number of aryl methyl sites for hydroxylation is 1. The van der Waals surface area contributed by atoms with Gasteiger partial charge in [0, 0.05) is 13.2 Å². The first-order valence-electron chi connectivity index (χ1n) is 9.06. The number of rotatable bonds is 3. The minimum absolute atomic E-state index is 0.0473. The van der Waals surface area contributed by atoms with E-state index in [1.807, 2.05) is 24.3 Å². The smallest absolute Gasteiger partial charge is 0.257 e. The molecule has 1 amide bonds. The summed E-state index contributed by atoms with van der Waals surface area (Å²) >= 11 is 1.53. The molecule has 0 saturated heterocycles. The van der Waals surface area contributed by atoms with Gasteiger partial charge in [0.15, 0.2) is 0 Å². The summed E-state index contributed by atoms with van der Waals surface area (Å²) < 4.78 is 16.2. The topological polar surface area (TPSA) is 51.0 Å². The van der Waals surface area contributed by atoms with Gasteiger partial charge in [-0.2, -0.15) is 5.10 Å². The maximum Gasteiger partial charge on any atom is 0.257 e. The quantitative estimate of drug-likeness (QED) is 0.520. The van der Waals surface area contributed by atoms with E-state index >= 15 is 0 Å². The fraction of sp³-hybridized carbons (Fsp3) is 0.190. The number of aromatic nitrogens is 3. The van der Waals surface area contributed by atoms with Crippen molar-refractivity contribution in [2.24, 2.45) is 0 Å². The van der Waals surface area contributed by atoms with Crippen LogP contribution < -0.4 is 0 Å². The maximum absolute atomic E-state index is 13.5. The van der Waals surface area contributed by atoms with Crippen LogP contribution in [0.15, 0.2) is 54.9 Å². The molecule has 1 aliphatic carbocycles. The van der Waals surface area contributed by atoms with Gasteiger partial charge in [0.2, 0.25) is 5.13 Å². The Morgan fingerprint density at radius 1 is 1.29 bits per heavy atom. The summed E-state index contributed by atoms with van der Waals surface area (Å²) in [7, 11) is 1.79. The Kier molecular flexibility index (Phi) is 3.98. The average molecular weight is 392 g/mol. The van der Waals surface area contributed by atoms with E-state index < -0.39 is 0 Å². The van der Waals surface area contributed by atoms with Gasteiger partial charge in [-0.1, -0.05) is 29.5 Å². The lowest BCUT2D eigenvalue weighted by Gasteiger charge is -2.25. The summed E-state index contributed by atoms with van der Waals surface area (Å²) in [5.41, 5.74) is 3.43. The zero-order chi connectivity index (χ0) is 19.3. The molecule has 5 rings (SSSR count). The van der Waals surface area contributed by atoms with Gasteiger partial charge in [-0.25, -0.2) is 14.1 Å². The largest absolute Gasteiger partial charge is 0.335 e. The fourth-order valence-electron chi connectivity index (χ4n) is 3.81. The van der Waals surface area contributed by atoms with Gasteiger partial charge in [-0.05, 0) is 48.2 Å². The highest BCUT2D eigenvalue weighted by Gasteiger charge is 2.30. The molecule has 0 aliphatic heterocycles. The molecule has 0 N–H and O–H groups in total. The van der Waals surface area contributed by atoms with Crippen LogP contribution in [0.4, 0.5) is 4.39 Å². The molecule has 7 heteroatoms. The van der Waals surface area contributed by atoms with Crippen LogP contribution in [0.1, 0.15) is 33.9 Å². The number of hydrogen-bond acceptors (Lipinski definition) is 4. The van der Waals surface area contributed by atoms with Gasteiger partial charge >= 0.3 is 0 Å². The number of benzene rings is 2. The third kappa shape index (κ3) is 2.79. The van der Waals surface area contributed by atoms with E-state index in [-0.39, 0.29) is 17.8 Å². The van der Waals surface area contributed by atoms with E-state index in [0.29, 0.717) is 5.56 Å². The van der Waals surface area contributed by atoms with E-state index in [2.05, 4.69) is 10.1 Å². The van der Waals surface area contributed by atoms with Gasteiger partial charge in [-0.15, -0.1) is 0 Å². The van der Waals surface area contributed by atoms with Gasteiger partial charge in [-0.3, -0.25) is 4.79 Å². The lowest BCUT2D eigenvalue weighted by Crippen LogP contribution is -2.29. The summed E-state index contributed by atoms with van der Waals surface area (Å²) in [6.07, 6.45) is 4.87. The molecule has 28 heavy (non-hydrogen) atoms. The van der Waals surface area contributed by atoms with Crippen LogP contribution in [0.5, 0.6) is 0 Å². The van der Waals surface area contributed by atoms with Crippen molar-refractivity contribution >= 4 is 27.5 Å². The minimum Gasteiger partial charge on any atom is -0.335 e. The van der Waals surface area contributed by atoms with E-state index in [0.717, 1.165) is 39.3 Å². The van der Waals surface area contributed by atoms with Crippen molar-refractivity contribution in [3.8, 4) is 5.13 Å². The van der Waals surface area contributed by atoms with Crippen molar-refractivity contribution in [1.29, 1.82) is 0 Å². The molecule has 140 valence electrons. The number of carbonyl (C=O) groups is 1. The summed E-state index contributed by atoms with van der Waals surface area (Å²) in [6.45, 7) is 0.